The number of unbranched alkanes of at least 4 members (excludes halogenated alkanes) is 12. The molecule has 0 unspecified atom stereocenters. The van der Waals surface area contributed by atoms with Crippen LogP contribution in [0, 0.1) is 0 Å². The van der Waals surface area contributed by atoms with Gasteiger partial charge in [0.05, 0.1) is 10.8 Å². The van der Waals surface area contributed by atoms with E-state index in [2.05, 4.69) is 41.5 Å². The van der Waals surface area contributed by atoms with Crippen LogP contribution in [-0.2, 0) is 26.6 Å². The summed E-state index contributed by atoms with van der Waals surface area (Å²) < 4.78 is 39.7. The molecule has 0 fully saturated rings. The van der Waals surface area contributed by atoms with E-state index >= 15 is 0 Å². The van der Waals surface area contributed by atoms with Crippen molar-refractivity contribution in [1.29, 1.82) is 0 Å². The van der Waals surface area contributed by atoms with Crippen molar-refractivity contribution in [1.82, 2.24) is 0 Å². The summed E-state index contributed by atoms with van der Waals surface area (Å²) in [4.78, 5) is 0. The molecule has 0 aromatic carbocycles. The first-order valence-electron chi connectivity index (χ1n) is 17.5. The van der Waals surface area contributed by atoms with Crippen LogP contribution in [0.4, 0.5) is 0 Å². The zero-order chi connectivity index (χ0) is 30.3. The molecule has 0 saturated carbocycles. The first-order valence-corrected chi connectivity index (χ1v) is 22.5. The van der Waals surface area contributed by atoms with Crippen molar-refractivity contribution in [3.63, 3.8) is 0 Å². The molecule has 0 heterocycles. The van der Waals surface area contributed by atoms with Crippen molar-refractivity contribution >= 4 is 29.4 Å². The Kier molecular flexibility index (Phi) is 31.0. The Morgan fingerprint density at radius 1 is 0.317 bits per heavy atom. The standard InChI is InChI=1S/C32H70O6SSi2/c1-7-13-19-25-33-40(34-26-20-14-8-2,35-27-21-15-9-3)31-39-32-41(36-28-22-16-10-4,37-29-23-17-11-5)38-30-24-18-12-6/h7-32H2,1-6H3. The minimum absolute atomic E-state index is 0.708. The maximum Gasteiger partial charge on any atom is 0.511 e. The summed E-state index contributed by atoms with van der Waals surface area (Å²) in [6.07, 6.45) is 20.4. The van der Waals surface area contributed by atoms with Gasteiger partial charge in [0.25, 0.3) is 0 Å². The van der Waals surface area contributed by atoms with Crippen LogP contribution in [-0.4, -0.2) is 68.0 Å². The Morgan fingerprint density at radius 2 is 0.512 bits per heavy atom. The maximum atomic E-state index is 6.61. The molecule has 0 rings (SSSR count). The average Bonchev–Trinajstić information content (AvgIpc) is 2.98. The van der Waals surface area contributed by atoms with Gasteiger partial charge in [-0.15, -0.1) is 0 Å². The second-order valence-electron chi connectivity index (χ2n) is 11.2. The monoisotopic (exact) mass is 638 g/mol. The normalized spacial score (nSPS) is 12.4. The van der Waals surface area contributed by atoms with Crippen molar-refractivity contribution in [3.05, 3.63) is 0 Å². The Bertz CT molecular complexity index is 426. The Balaban J connectivity index is 5.70. The van der Waals surface area contributed by atoms with Crippen molar-refractivity contribution in [3.8, 4) is 0 Å². The van der Waals surface area contributed by atoms with Gasteiger partial charge in [0, 0.05) is 39.6 Å². The van der Waals surface area contributed by atoms with Crippen LogP contribution in [0.5, 0.6) is 0 Å². The van der Waals surface area contributed by atoms with Crippen molar-refractivity contribution in [2.75, 3.05) is 50.4 Å². The molecule has 0 amide bonds. The average molecular weight is 639 g/mol. The molecule has 0 aliphatic carbocycles. The highest BCUT2D eigenvalue weighted by Crippen LogP contribution is 2.25. The summed E-state index contributed by atoms with van der Waals surface area (Å²) >= 11 is 1.82. The molecule has 0 atom stereocenters. The number of rotatable bonds is 34. The SMILES string of the molecule is CCCCCO[Si](CSC[Si](OCCCCC)(OCCCCC)OCCCCC)(OCCCCC)OCCCCC. The van der Waals surface area contributed by atoms with E-state index in [0.29, 0.717) is 39.6 Å². The molecule has 0 aliphatic heterocycles. The van der Waals surface area contributed by atoms with Gasteiger partial charge in [0.15, 0.2) is 0 Å². The fourth-order valence-corrected chi connectivity index (χ4v) is 12.8. The van der Waals surface area contributed by atoms with E-state index in [1.165, 1.54) is 77.0 Å². The zero-order valence-corrected chi connectivity index (χ0v) is 31.1. The van der Waals surface area contributed by atoms with Gasteiger partial charge in [-0.3, -0.25) is 0 Å². The lowest BCUT2D eigenvalue weighted by Crippen LogP contribution is -2.53. The zero-order valence-electron chi connectivity index (χ0n) is 28.2. The van der Waals surface area contributed by atoms with E-state index in [1.54, 1.807) is 0 Å². The molecule has 0 N–H and O–H groups in total. The maximum absolute atomic E-state index is 6.61. The molecular weight excluding hydrogens is 569 g/mol. The van der Waals surface area contributed by atoms with Crippen LogP contribution in [0.3, 0.4) is 0 Å². The molecule has 41 heavy (non-hydrogen) atoms. The molecule has 0 aromatic heterocycles. The Morgan fingerprint density at radius 3 is 0.683 bits per heavy atom. The second kappa shape index (κ2) is 30.6. The van der Waals surface area contributed by atoms with Crippen LogP contribution in [0.1, 0.15) is 157 Å². The third-order valence-corrected chi connectivity index (χ3v) is 15.3. The first kappa shape index (κ1) is 41.5. The van der Waals surface area contributed by atoms with Gasteiger partial charge >= 0.3 is 17.6 Å². The highest BCUT2D eigenvalue weighted by Gasteiger charge is 2.46. The van der Waals surface area contributed by atoms with E-state index in [-0.39, 0.29) is 0 Å². The fraction of sp³-hybridized carbons (Fsp3) is 1.00. The Labute approximate surface area is 262 Å². The molecule has 0 spiro atoms. The lowest BCUT2D eigenvalue weighted by atomic mass is 10.3. The van der Waals surface area contributed by atoms with Gasteiger partial charge in [-0.05, 0) is 38.5 Å². The van der Waals surface area contributed by atoms with Gasteiger partial charge in [0.1, 0.15) is 0 Å². The van der Waals surface area contributed by atoms with Crippen molar-refractivity contribution < 1.29 is 26.6 Å². The molecule has 0 aromatic rings. The van der Waals surface area contributed by atoms with E-state index < -0.39 is 17.6 Å². The molecule has 0 bridgehead atoms. The number of hydrogen-bond donors (Lipinski definition) is 0. The lowest BCUT2D eigenvalue weighted by molar-refractivity contribution is 0.0602. The third kappa shape index (κ3) is 23.6. The molecule has 0 saturated heterocycles. The predicted octanol–water partition coefficient (Wildman–Crippen LogP) is 9.92. The van der Waals surface area contributed by atoms with Gasteiger partial charge < -0.3 is 26.6 Å². The van der Waals surface area contributed by atoms with E-state index in [0.717, 1.165) is 49.3 Å². The van der Waals surface area contributed by atoms with Gasteiger partial charge in [0.2, 0.25) is 0 Å². The van der Waals surface area contributed by atoms with E-state index in [9.17, 15) is 0 Å². The lowest BCUT2D eigenvalue weighted by Gasteiger charge is -2.32. The highest BCUT2D eigenvalue weighted by molar-refractivity contribution is 8.02. The molecular formula is C32H70O6SSi2. The fourth-order valence-electron chi connectivity index (χ4n) is 4.28. The van der Waals surface area contributed by atoms with Gasteiger partial charge in [-0.1, -0.05) is 119 Å². The van der Waals surface area contributed by atoms with Crippen molar-refractivity contribution in [2.24, 2.45) is 0 Å². The predicted molar refractivity (Wildman–Crippen MR) is 182 cm³/mol. The first-order chi connectivity index (χ1) is 20.1. The van der Waals surface area contributed by atoms with E-state index in [4.69, 9.17) is 26.6 Å². The van der Waals surface area contributed by atoms with Gasteiger partial charge in [-0.25, -0.2) is 0 Å². The van der Waals surface area contributed by atoms with Crippen LogP contribution in [0.15, 0.2) is 0 Å². The quantitative estimate of drug-likeness (QED) is 0.0513. The molecule has 6 nitrogen and oxygen atoms in total. The van der Waals surface area contributed by atoms with Crippen LogP contribution < -0.4 is 0 Å². The molecule has 0 radical (unpaired) electrons. The molecule has 0 aliphatic rings. The topological polar surface area (TPSA) is 55.4 Å². The summed E-state index contributed by atoms with van der Waals surface area (Å²) in [5, 5.41) is 1.45. The van der Waals surface area contributed by atoms with Crippen LogP contribution >= 0.6 is 11.8 Å². The van der Waals surface area contributed by atoms with Crippen molar-refractivity contribution in [2.45, 2.75) is 157 Å². The van der Waals surface area contributed by atoms with E-state index in [1.807, 2.05) is 11.8 Å². The molecule has 248 valence electrons. The van der Waals surface area contributed by atoms with Crippen LogP contribution in [0.2, 0.25) is 0 Å². The number of hydrogen-bond acceptors (Lipinski definition) is 7. The largest absolute Gasteiger partial charge is 0.511 e. The highest BCUT2D eigenvalue weighted by atomic mass is 32.2. The summed E-state index contributed by atoms with van der Waals surface area (Å²) in [5.74, 6) is 0. The second-order valence-corrected chi connectivity index (χ2v) is 18.4. The summed E-state index contributed by atoms with van der Waals surface area (Å²) in [7, 11) is -5.72. The summed E-state index contributed by atoms with van der Waals surface area (Å²) in [6.45, 7) is 17.6. The minimum atomic E-state index is -2.86. The molecule has 9 heteroatoms. The summed E-state index contributed by atoms with van der Waals surface area (Å²) in [5.41, 5.74) is 0. The summed E-state index contributed by atoms with van der Waals surface area (Å²) in [6, 6.07) is 0. The van der Waals surface area contributed by atoms with Gasteiger partial charge in [-0.2, -0.15) is 11.8 Å². The van der Waals surface area contributed by atoms with Crippen LogP contribution in [0.25, 0.3) is 0 Å². The third-order valence-electron chi connectivity index (χ3n) is 6.98. The smallest absolute Gasteiger partial charge is 0.373 e. The number of thioether (sulfide) groups is 1. The minimum Gasteiger partial charge on any atom is -0.373 e. The Hall–Kier alpha value is 0.544.